The van der Waals surface area contributed by atoms with Crippen LogP contribution in [0.15, 0.2) is 18.3 Å². The SMILES string of the molecule is CCNCc1ccc(CN2CCCC2C(C)C)nc1. The van der Waals surface area contributed by atoms with E-state index in [1.54, 1.807) is 0 Å². The van der Waals surface area contributed by atoms with Crippen LogP contribution in [0.2, 0.25) is 0 Å². The van der Waals surface area contributed by atoms with Gasteiger partial charge in [-0.25, -0.2) is 0 Å². The average Bonchev–Trinajstić information content (AvgIpc) is 2.86. The highest BCUT2D eigenvalue weighted by atomic mass is 15.2. The fraction of sp³-hybridized carbons (Fsp3) is 0.688. The van der Waals surface area contributed by atoms with E-state index in [4.69, 9.17) is 0 Å². The molecule has 0 bridgehead atoms. The Bertz CT molecular complexity index is 372. The second-order valence-electron chi connectivity index (χ2n) is 5.86. The van der Waals surface area contributed by atoms with Gasteiger partial charge in [0.2, 0.25) is 0 Å². The van der Waals surface area contributed by atoms with Gasteiger partial charge in [-0.05, 0) is 43.5 Å². The van der Waals surface area contributed by atoms with Crippen LogP contribution >= 0.6 is 0 Å². The minimum atomic E-state index is 0.739. The van der Waals surface area contributed by atoms with Crippen molar-refractivity contribution in [3.63, 3.8) is 0 Å². The number of hydrogen-bond acceptors (Lipinski definition) is 3. The average molecular weight is 261 g/mol. The van der Waals surface area contributed by atoms with Gasteiger partial charge >= 0.3 is 0 Å². The summed E-state index contributed by atoms with van der Waals surface area (Å²) in [6, 6.07) is 5.12. The van der Waals surface area contributed by atoms with E-state index in [1.807, 2.05) is 6.20 Å². The van der Waals surface area contributed by atoms with Gasteiger partial charge in [0.1, 0.15) is 0 Å². The predicted octanol–water partition coefficient (Wildman–Crippen LogP) is 2.81. The predicted molar refractivity (Wildman–Crippen MR) is 79.9 cm³/mol. The molecule has 0 spiro atoms. The zero-order valence-electron chi connectivity index (χ0n) is 12.5. The highest BCUT2D eigenvalue weighted by molar-refractivity contribution is 5.14. The first-order valence-corrected chi connectivity index (χ1v) is 7.59. The normalized spacial score (nSPS) is 20.3. The van der Waals surface area contributed by atoms with Crippen LogP contribution < -0.4 is 5.32 Å². The number of nitrogens with one attached hydrogen (secondary N) is 1. The van der Waals surface area contributed by atoms with Gasteiger partial charge in [0.15, 0.2) is 0 Å². The van der Waals surface area contributed by atoms with Crippen molar-refractivity contribution in [2.24, 2.45) is 5.92 Å². The molecule has 19 heavy (non-hydrogen) atoms. The molecule has 3 nitrogen and oxygen atoms in total. The Morgan fingerprint density at radius 3 is 2.89 bits per heavy atom. The Labute approximate surface area is 117 Å². The summed E-state index contributed by atoms with van der Waals surface area (Å²) in [7, 11) is 0. The van der Waals surface area contributed by atoms with Crippen molar-refractivity contribution in [2.75, 3.05) is 13.1 Å². The number of rotatable bonds is 6. The van der Waals surface area contributed by atoms with Crippen molar-refractivity contribution in [3.05, 3.63) is 29.6 Å². The molecule has 0 aromatic carbocycles. The standard InChI is InChI=1S/C16H27N3/c1-4-17-10-14-7-8-15(18-11-14)12-19-9-5-6-16(19)13(2)3/h7-8,11,13,16-17H,4-6,9-10,12H2,1-3H3. The maximum atomic E-state index is 4.61. The van der Waals surface area contributed by atoms with Crippen LogP contribution in [0.3, 0.4) is 0 Å². The van der Waals surface area contributed by atoms with Crippen LogP contribution in [0.5, 0.6) is 0 Å². The minimum absolute atomic E-state index is 0.739. The number of hydrogen-bond donors (Lipinski definition) is 1. The lowest BCUT2D eigenvalue weighted by atomic mass is 10.0. The van der Waals surface area contributed by atoms with Crippen molar-refractivity contribution in [3.8, 4) is 0 Å². The third kappa shape index (κ3) is 4.02. The van der Waals surface area contributed by atoms with E-state index in [9.17, 15) is 0 Å². The quantitative estimate of drug-likeness (QED) is 0.853. The van der Waals surface area contributed by atoms with Crippen molar-refractivity contribution in [2.45, 2.75) is 52.7 Å². The Hall–Kier alpha value is -0.930. The topological polar surface area (TPSA) is 28.2 Å². The molecule has 1 aliphatic heterocycles. The van der Waals surface area contributed by atoms with E-state index >= 15 is 0 Å². The van der Waals surface area contributed by atoms with Gasteiger partial charge in [-0.15, -0.1) is 0 Å². The summed E-state index contributed by atoms with van der Waals surface area (Å²) in [6.45, 7) is 10.9. The fourth-order valence-corrected chi connectivity index (χ4v) is 2.93. The Kier molecular flexibility index (Phi) is 5.34. The van der Waals surface area contributed by atoms with E-state index in [-0.39, 0.29) is 0 Å². The Balaban J connectivity index is 1.92. The summed E-state index contributed by atoms with van der Waals surface area (Å²) in [5.74, 6) is 0.746. The summed E-state index contributed by atoms with van der Waals surface area (Å²) in [6.07, 6.45) is 4.69. The first kappa shape index (κ1) is 14.5. The van der Waals surface area contributed by atoms with Gasteiger partial charge in [-0.2, -0.15) is 0 Å². The largest absolute Gasteiger partial charge is 0.313 e. The number of aromatic nitrogens is 1. The molecule has 0 radical (unpaired) electrons. The number of pyridine rings is 1. The maximum absolute atomic E-state index is 4.61. The van der Waals surface area contributed by atoms with E-state index < -0.39 is 0 Å². The minimum Gasteiger partial charge on any atom is -0.313 e. The van der Waals surface area contributed by atoms with Crippen LogP contribution in [-0.4, -0.2) is 29.0 Å². The molecule has 3 heteroatoms. The van der Waals surface area contributed by atoms with Crippen molar-refractivity contribution in [1.82, 2.24) is 15.2 Å². The molecule has 0 saturated carbocycles. The summed E-state index contributed by atoms with van der Waals surface area (Å²) in [4.78, 5) is 7.20. The molecule has 1 aromatic heterocycles. The molecule has 1 aliphatic rings. The molecule has 1 aromatic rings. The molecule has 2 heterocycles. The first-order chi connectivity index (χ1) is 9.20. The van der Waals surface area contributed by atoms with Crippen molar-refractivity contribution < 1.29 is 0 Å². The zero-order valence-corrected chi connectivity index (χ0v) is 12.5. The summed E-state index contributed by atoms with van der Waals surface area (Å²) >= 11 is 0. The lowest BCUT2D eigenvalue weighted by molar-refractivity contribution is 0.196. The molecular weight excluding hydrogens is 234 g/mol. The zero-order chi connectivity index (χ0) is 13.7. The molecule has 1 fully saturated rings. The molecule has 2 rings (SSSR count). The van der Waals surface area contributed by atoms with Crippen LogP contribution in [-0.2, 0) is 13.1 Å². The molecule has 0 amide bonds. The lowest BCUT2D eigenvalue weighted by Gasteiger charge is -2.27. The van der Waals surface area contributed by atoms with Crippen LogP contribution in [0.1, 0.15) is 44.9 Å². The van der Waals surface area contributed by atoms with Crippen LogP contribution in [0, 0.1) is 5.92 Å². The van der Waals surface area contributed by atoms with Gasteiger partial charge in [0.05, 0.1) is 5.69 Å². The molecule has 1 unspecified atom stereocenters. The van der Waals surface area contributed by atoms with Crippen LogP contribution in [0.4, 0.5) is 0 Å². The molecule has 1 saturated heterocycles. The van der Waals surface area contributed by atoms with E-state index in [0.29, 0.717) is 0 Å². The van der Waals surface area contributed by atoms with Gasteiger partial charge in [-0.1, -0.05) is 26.8 Å². The third-order valence-electron chi connectivity index (χ3n) is 4.01. The smallest absolute Gasteiger partial charge is 0.0544 e. The third-order valence-corrected chi connectivity index (χ3v) is 4.01. The Morgan fingerprint density at radius 2 is 2.26 bits per heavy atom. The van der Waals surface area contributed by atoms with Crippen molar-refractivity contribution >= 4 is 0 Å². The number of nitrogens with zero attached hydrogens (tertiary/aromatic N) is 2. The highest BCUT2D eigenvalue weighted by Crippen LogP contribution is 2.25. The van der Waals surface area contributed by atoms with Gasteiger partial charge in [0, 0.05) is 25.3 Å². The van der Waals surface area contributed by atoms with Crippen molar-refractivity contribution in [1.29, 1.82) is 0 Å². The summed E-state index contributed by atoms with van der Waals surface area (Å²) < 4.78 is 0. The maximum Gasteiger partial charge on any atom is 0.0544 e. The molecule has 1 atom stereocenters. The highest BCUT2D eigenvalue weighted by Gasteiger charge is 2.26. The molecule has 106 valence electrons. The van der Waals surface area contributed by atoms with E-state index in [2.05, 4.69) is 48.1 Å². The Morgan fingerprint density at radius 1 is 1.42 bits per heavy atom. The second-order valence-corrected chi connectivity index (χ2v) is 5.86. The van der Waals surface area contributed by atoms with Crippen LogP contribution in [0.25, 0.3) is 0 Å². The molecule has 1 N–H and O–H groups in total. The lowest BCUT2D eigenvalue weighted by Crippen LogP contribution is -2.33. The van der Waals surface area contributed by atoms with Gasteiger partial charge in [-0.3, -0.25) is 9.88 Å². The van der Waals surface area contributed by atoms with E-state index in [0.717, 1.165) is 31.6 Å². The summed E-state index contributed by atoms with van der Waals surface area (Å²) in [5, 5.41) is 3.33. The van der Waals surface area contributed by atoms with Gasteiger partial charge < -0.3 is 5.32 Å². The van der Waals surface area contributed by atoms with Gasteiger partial charge in [0.25, 0.3) is 0 Å². The van der Waals surface area contributed by atoms with E-state index in [1.165, 1.54) is 30.6 Å². The molecular formula is C16H27N3. The first-order valence-electron chi connectivity index (χ1n) is 7.59. The molecule has 0 aliphatic carbocycles. The number of likely N-dealkylation sites (tertiary alicyclic amines) is 1. The summed E-state index contributed by atoms with van der Waals surface area (Å²) in [5.41, 5.74) is 2.47. The second kappa shape index (κ2) is 7.01. The fourth-order valence-electron chi connectivity index (χ4n) is 2.93. The monoisotopic (exact) mass is 261 g/mol.